The predicted octanol–water partition coefficient (Wildman–Crippen LogP) is 3.11. The summed E-state index contributed by atoms with van der Waals surface area (Å²) in [6.07, 6.45) is 0. The van der Waals surface area contributed by atoms with Gasteiger partial charge in [0, 0.05) is 22.4 Å². The number of hydrogen-bond acceptors (Lipinski definition) is 4. The van der Waals surface area contributed by atoms with Crippen molar-refractivity contribution in [3.63, 3.8) is 0 Å². The van der Waals surface area contributed by atoms with E-state index in [1.807, 2.05) is 0 Å². The molecule has 0 spiro atoms. The van der Waals surface area contributed by atoms with Gasteiger partial charge in [0.25, 0.3) is 0 Å². The summed E-state index contributed by atoms with van der Waals surface area (Å²) in [6.45, 7) is 20.9. The number of hydrogen-bond donors (Lipinski definition) is 4. The summed E-state index contributed by atoms with van der Waals surface area (Å²) in [5.41, 5.74) is -2.00. The zero-order chi connectivity index (χ0) is 18.0. The van der Waals surface area contributed by atoms with Gasteiger partial charge in [0.1, 0.15) is 0 Å². The molecule has 0 aliphatic carbocycles. The number of aliphatic hydroxyl groups is 4. The summed E-state index contributed by atoms with van der Waals surface area (Å²) in [5, 5.41) is 34.1. The Balaban J connectivity index is -0.0000000533. The third-order valence-electron chi connectivity index (χ3n) is 0. The van der Waals surface area contributed by atoms with Crippen molar-refractivity contribution < 1.29 is 42.8 Å². The van der Waals surface area contributed by atoms with Crippen LogP contribution >= 0.6 is 0 Å². The second kappa shape index (κ2) is 13.1. The normalized spacial score (nSPS) is 11.4. The molecule has 4 nitrogen and oxygen atoms in total. The van der Waals surface area contributed by atoms with Gasteiger partial charge >= 0.3 is 0 Å². The smallest absolute Gasteiger partial charge is 0.0563 e. The van der Waals surface area contributed by atoms with Crippen LogP contribution in [-0.4, -0.2) is 42.8 Å². The topological polar surface area (TPSA) is 80.9 Å². The molecule has 0 aliphatic rings. The molecule has 0 aromatic heterocycles. The molecule has 0 saturated carbocycles. The third kappa shape index (κ3) is 21100. The fraction of sp³-hybridized carbons (Fsp3) is 1.00. The maximum Gasteiger partial charge on any atom is 0.0563 e. The average Bonchev–Trinajstić information content (AvgIpc) is 1.62. The predicted molar refractivity (Wildman–Crippen MR) is 87.9 cm³/mol. The van der Waals surface area contributed by atoms with Crippen molar-refractivity contribution >= 4 is 0 Å². The van der Waals surface area contributed by atoms with Crippen molar-refractivity contribution in [3.05, 3.63) is 0 Å². The minimum absolute atomic E-state index is 0. The van der Waals surface area contributed by atoms with Crippen molar-refractivity contribution in [1.82, 2.24) is 0 Å². The molecule has 0 saturated heterocycles. The molecule has 1 radical (unpaired) electrons. The summed E-state index contributed by atoms with van der Waals surface area (Å²) >= 11 is 0. The van der Waals surface area contributed by atoms with E-state index in [1.54, 1.807) is 83.1 Å². The van der Waals surface area contributed by atoms with E-state index in [0.717, 1.165) is 0 Å². The Morgan fingerprint density at radius 2 is 0.333 bits per heavy atom. The SMILES string of the molecule is CC(C)(C)O.CC(C)(C)O.CC(C)(C)O.CC(C)(C)O.[Ta]. The van der Waals surface area contributed by atoms with Crippen LogP contribution in [-0.2, 0) is 22.4 Å². The van der Waals surface area contributed by atoms with Crippen molar-refractivity contribution in [3.8, 4) is 0 Å². The van der Waals surface area contributed by atoms with Crippen LogP contribution in [0, 0.1) is 0 Å². The van der Waals surface area contributed by atoms with E-state index in [2.05, 4.69) is 0 Å². The Bertz CT molecular complexity index is 130. The van der Waals surface area contributed by atoms with Crippen LogP contribution in [0.3, 0.4) is 0 Å². The Morgan fingerprint density at radius 1 is 0.333 bits per heavy atom. The molecule has 0 aliphatic heterocycles. The van der Waals surface area contributed by atoms with E-state index in [1.165, 1.54) is 0 Å². The van der Waals surface area contributed by atoms with Gasteiger partial charge in [-0.05, 0) is 83.1 Å². The van der Waals surface area contributed by atoms with Crippen LogP contribution in [0.1, 0.15) is 83.1 Å². The van der Waals surface area contributed by atoms with Crippen molar-refractivity contribution in [2.45, 2.75) is 105 Å². The molecule has 0 fully saturated rings. The first-order valence-electron chi connectivity index (χ1n) is 6.89. The Labute approximate surface area is 148 Å². The molecule has 0 amide bonds. The van der Waals surface area contributed by atoms with Crippen molar-refractivity contribution in [2.75, 3.05) is 0 Å². The second-order valence-corrected chi connectivity index (χ2v) is 8.68. The molecular weight excluding hydrogens is 437 g/mol. The van der Waals surface area contributed by atoms with Gasteiger partial charge in [-0.2, -0.15) is 0 Å². The van der Waals surface area contributed by atoms with Gasteiger partial charge in [-0.1, -0.05) is 0 Å². The zero-order valence-electron chi connectivity index (χ0n) is 16.2. The molecule has 0 atom stereocenters. The third-order valence-corrected chi connectivity index (χ3v) is 0. The molecule has 4 N–H and O–H groups in total. The van der Waals surface area contributed by atoms with Crippen LogP contribution in [0.4, 0.5) is 0 Å². The van der Waals surface area contributed by atoms with E-state index >= 15 is 0 Å². The fourth-order valence-corrected chi connectivity index (χ4v) is 0. The van der Waals surface area contributed by atoms with Crippen molar-refractivity contribution in [1.29, 1.82) is 0 Å². The summed E-state index contributed by atoms with van der Waals surface area (Å²) in [7, 11) is 0. The fourth-order valence-electron chi connectivity index (χ4n) is 0. The summed E-state index contributed by atoms with van der Waals surface area (Å²) in [4.78, 5) is 0. The molecule has 21 heavy (non-hydrogen) atoms. The first kappa shape index (κ1) is 33.2. The van der Waals surface area contributed by atoms with Gasteiger partial charge in [-0.15, -0.1) is 0 Å². The average molecular weight is 477 g/mol. The maximum absolute atomic E-state index is 8.52. The molecule has 0 rings (SSSR count). The molecule has 0 aromatic rings. The van der Waals surface area contributed by atoms with Gasteiger partial charge in [0.2, 0.25) is 0 Å². The van der Waals surface area contributed by atoms with Crippen molar-refractivity contribution in [2.24, 2.45) is 0 Å². The monoisotopic (exact) mass is 477 g/mol. The van der Waals surface area contributed by atoms with E-state index in [0.29, 0.717) is 0 Å². The minimum Gasteiger partial charge on any atom is -0.391 e. The van der Waals surface area contributed by atoms with Gasteiger partial charge in [0.05, 0.1) is 22.4 Å². The van der Waals surface area contributed by atoms with Gasteiger partial charge < -0.3 is 20.4 Å². The summed E-state index contributed by atoms with van der Waals surface area (Å²) < 4.78 is 0. The second-order valence-electron chi connectivity index (χ2n) is 8.68. The van der Waals surface area contributed by atoms with Crippen LogP contribution in [0.5, 0.6) is 0 Å². The number of rotatable bonds is 0. The molecular formula is C16H40O4Ta. The molecule has 0 bridgehead atoms. The standard InChI is InChI=1S/4C4H10O.Ta/c4*1-4(2,3)5;/h4*5H,1-3H3;. The largest absolute Gasteiger partial charge is 0.391 e. The van der Waals surface area contributed by atoms with Gasteiger partial charge in [0.15, 0.2) is 0 Å². The van der Waals surface area contributed by atoms with Crippen LogP contribution in [0.2, 0.25) is 0 Å². The first-order chi connectivity index (χ1) is 8.00. The Morgan fingerprint density at radius 3 is 0.333 bits per heavy atom. The maximum atomic E-state index is 8.52. The Hall–Kier alpha value is 0.580. The Kier molecular flexibility index (Phi) is 20.7. The minimum atomic E-state index is -0.500. The molecule has 5 heteroatoms. The van der Waals surface area contributed by atoms with Gasteiger partial charge in [-0.25, -0.2) is 0 Å². The first-order valence-corrected chi connectivity index (χ1v) is 6.89. The van der Waals surface area contributed by atoms with Crippen LogP contribution in [0.25, 0.3) is 0 Å². The van der Waals surface area contributed by atoms with Crippen LogP contribution < -0.4 is 0 Å². The van der Waals surface area contributed by atoms with Gasteiger partial charge in [-0.3, -0.25) is 0 Å². The van der Waals surface area contributed by atoms with E-state index in [-0.39, 0.29) is 22.4 Å². The molecule has 0 unspecified atom stereocenters. The van der Waals surface area contributed by atoms with E-state index < -0.39 is 22.4 Å². The van der Waals surface area contributed by atoms with E-state index in [9.17, 15) is 0 Å². The summed E-state index contributed by atoms with van der Waals surface area (Å²) in [6, 6.07) is 0. The zero-order valence-corrected chi connectivity index (χ0v) is 19.4. The quantitative estimate of drug-likeness (QED) is 0.432. The molecule has 0 heterocycles. The summed E-state index contributed by atoms with van der Waals surface area (Å²) in [5.74, 6) is 0. The molecule has 133 valence electrons. The molecule has 0 aromatic carbocycles. The van der Waals surface area contributed by atoms with E-state index in [4.69, 9.17) is 20.4 Å². The van der Waals surface area contributed by atoms with Crippen LogP contribution in [0.15, 0.2) is 0 Å².